The molecule has 0 aromatic heterocycles. The Kier molecular flexibility index (Phi) is 3.51. The van der Waals surface area contributed by atoms with Gasteiger partial charge in [0.05, 0.1) is 12.7 Å². The van der Waals surface area contributed by atoms with Crippen LogP contribution in [-0.2, 0) is 11.2 Å². The van der Waals surface area contributed by atoms with Crippen LogP contribution in [0.3, 0.4) is 0 Å². The van der Waals surface area contributed by atoms with Crippen molar-refractivity contribution in [1.29, 1.82) is 0 Å². The SMILES string of the molecule is COC(=O)c1ccc2c(c1)Sc1ccc(F)cc1C(=O)C2. The van der Waals surface area contributed by atoms with Crippen molar-refractivity contribution in [3.8, 4) is 0 Å². The zero-order chi connectivity index (χ0) is 15.0. The predicted octanol–water partition coefficient (Wildman–Crippen LogP) is 3.50. The molecule has 0 atom stereocenters. The Labute approximate surface area is 125 Å². The molecule has 0 N–H and O–H groups in total. The Morgan fingerprint density at radius 2 is 2.00 bits per heavy atom. The van der Waals surface area contributed by atoms with Gasteiger partial charge in [-0.15, -0.1) is 0 Å². The van der Waals surface area contributed by atoms with Crippen molar-refractivity contribution in [3.63, 3.8) is 0 Å². The van der Waals surface area contributed by atoms with E-state index in [-0.39, 0.29) is 12.2 Å². The molecule has 0 saturated heterocycles. The third-order valence-electron chi connectivity index (χ3n) is 3.30. The summed E-state index contributed by atoms with van der Waals surface area (Å²) in [4.78, 5) is 25.3. The minimum absolute atomic E-state index is 0.124. The maximum atomic E-state index is 13.3. The summed E-state index contributed by atoms with van der Waals surface area (Å²) < 4.78 is 18.0. The van der Waals surface area contributed by atoms with E-state index in [0.717, 1.165) is 10.5 Å². The van der Waals surface area contributed by atoms with Crippen LogP contribution in [0.4, 0.5) is 4.39 Å². The van der Waals surface area contributed by atoms with E-state index < -0.39 is 11.8 Å². The van der Waals surface area contributed by atoms with Crippen molar-refractivity contribution in [1.82, 2.24) is 0 Å². The van der Waals surface area contributed by atoms with Gasteiger partial charge in [-0.05, 0) is 35.9 Å². The number of carbonyl (C=O) groups excluding carboxylic acids is 2. The maximum Gasteiger partial charge on any atom is 0.337 e. The van der Waals surface area contributed by atoms with Gasteiger partial charge in [-0.2, -0.15) is 0 Å². The number of methoxy groups -OCH3 is 1. The van der Waals surface area contributed by atoms with E-state index in [2.05, 4.69) is 0 Å². The van der Waals surface area contributed by atoms with Crippen LogP contribution in [0.2, 0.25) is 0 Å². The zero-order valence-corrected chi connectivity index (χ0v) is 12.0. The molecule has 0 amide bonds. The first-order valence-electron chi connectivity index (χ1n) is 6.30. The second kappa shape index (κ2) is 5.33. The molecule has 106 valence electrons. The zero-order valence-electron chi connectivity index (χ0n) is 11.2. The lowest BCUT2D eigenvalue weighted by atomic mass is 10.0. The number of carbonyl (C=O) groups is 2. The Hall–Kier alpha value is -2.14. The van der Waals surface area contributed by atoms with Crippen molar-refractivity contribution in [2.24, 2.45) is 0 Å². The highest BCUT2D eigenvalue weighted by molar-refractivity contribution is 7.99. The monoisotopic (exact) mass is 302 g/mol. The van der Waals surface area contributed by atoms with Gasteiger partial charge in [0.25, 0.3) is 0 Å². The first-order valence-corrected chi connectivity index (χ1v) is 7.12. The van der Waals surface area contributed by atoms with E-state index >= 15 is 0 Å². The molecular weight excluding hydrogens is 291 g/mol. The fourth-order valence-corrected chi connectivity index (χ4v) is 3.35. The van der Waals surface area contributed by atoms with E-state index in [1.54, 1.807) is 24.3 Å². The van der Waals surface area contributed by atoms with E-state index in [1.165, 1.54) is 31.0 Å². The summed E-state index contributed by atoms with van der Waals surface area (Å²) in [5, 5.41) is 0. The number of ketones is 1. The lowest BCUT2D eigenvalue weighted by Gasteiger charge is -2.07. The average molecular weight is 302 g/mol. The number of esters is 1. The van der Waals surface area contributed by atoms with Crippen LogP contribution in [0, 0.1) is 5.82 Å². The summed E-state index contributed by atoms with van der Waals surface area (Å²) in [7, 11) is 1.32. The Balaban J connectivity index is 2.09. The van der Waals surface area contributed by atoms with Crippen LogP contribution in [-0.4, -0.2) is 18.9 Å². The highest BCUT2D eigenvalue weighted by Crippen LogP contribution is 2.37. The van der Waals surface area contributed by atoms with Gasteiger partial charge in [-0.3, -0.25) is 4.79 Å². The predicted molar refractivity (Wildman–Crippen MR) is 76.3 cm³/mol. The third kappa shape index (κ3) is 2.56. The van der Waals surface area contributed by atoms with Crippen molar-refractivity contribution >= 4 is 23.5 Å². The van der Waals surface area contributed by atoms with Crippen molar-refractivity contribution in [3.05, 3.63) is 58.9 Å². The minimum Gasteiger partial charge on any atom is -0.465 e. The number of fused-ring (bicyclic) bond motifs is 2. The van der Waals surface area contributed by atoms with Gasteiger partial charge in [0, 0.05) is 21.8 Å². The van der Waals surface area contributed by atoms with E-state index in [4.69, 9.17) is 4.74 Å². The lowest BCUT2D eigenvalue weighted by Crippen LogP contribution is -2.05. The molecule has 1 aliphatic rings. The van der Waals surface area contributed by atoms with Crippen LogP contribution in [0.1, 0.15) is 26.3 Å². The molecule has 5 heteroatoms. The molecule has 0 bridgehead atoms. The fourth-order valence-electron chi connectivity index (χ4n) is 2.24. The van der Waals surface area contributed by atoms with Crippen LogP contribution < -0.4 is 0 Å². The van der Waals surface area contributed by atoms with Crippen molar-refractivity contribution in [2.75, 3.05) is 7.11 Å². The molecule has 3 nitrogen and oxygen atoms in total. The summed E-state index contributed by atoms with van der Waals surface area (Å²) in [6, 6.07) is 9.26. The van der Waals surface area contributed by atoms with Crippen LogP contribution in [0.25, 0.3) is 0 Å². The maximum absolute atomic E-state index is 13.3. The molecule has 1 heterocycles. The van der Waals surface area contributed by atoms with Crippen LogP contribution in [0.15, 0.2) is 46.2 Å². The summed E-state index contributed by atoms with van der Waals surface area (Å²) in [5.74, 6) is -0.973. The molecule has 2 aromatic rings. The van der Waals surface area contributed by atoms with Gasteiger partial charge in [-0.25, -0.2) is 9.18 Å². The number of benzene rings is 2. The smallest absolute Gasteiger partial charge is 0.337 e. The standard InChI is InChI=1S/C16H11FO3S/c1-20-16(19)10-3-2-9-6-13(18)12-8-11(17)4-5-14(12)21-15(9)7-10/h2-5,7-8H,6H2,1H3. The van der Waals surface area contributed by atoms with Gasteiger partial charge >= 0.3 is 5.97 Å². The number of hydrogen-bond acceptors (Lipinski definition) is 4. The van der Waals surface area contributed by atoms with Crippen LogP contribution >= 0.6 is 11.8 Å². The normalized spacial score (nSPS) is 13.1. The summed E-state index contributed by atoms with van der Waals surface area (Å²) in [6.45, 7) is 0. The van der Waals surface area contributed by atoms with Gasteiger partial charge in [0.2, 0.25) is 0 Å². The molecule has 0 spiro atoms. The molecule has 2 aromatic carbocycles. The number of hydrogen-bond donors (Lipinski definition) is 0. The molecule has 0 fully saturated rings. The molecule has 0 unspecified atom stereocenters. The molecule has 0 radical (unpaired) electrons. The molecular formula is C16H11FO3S. The minimum atomic E-state index is -0.427. The van der Waals surface area contributed by atoms with Gasteiger partial charge in [0.15, 0.2) is 5.78 Å². The average Bonchev–Trinajstić information content (AvgIpc) is 2.62. The first kappa shape index (κ1) is 13.8. The highest BCUT2D eigenvalue weighted by Gasteiger charge is 2.22. The molecule has 0 saturated carbocycles. The van der Waals surface area contributed by atoms with E-state index in [0.29, 0.717) is 16.0 Å². The molecule has 0 aliphatic carbocycles. The summed E-state index contributed by atoms with van der Waals surface area (Å²) in [6.07, 6.45) is 0.195. The third-order valence-corrected chi connectivity index (χ3v) is 4.48. The Bertz CT molecular complexity index is 755. The Morgan fingerprint density at radius 3 is 2.76 bits per heavy atom. The van der Waals surface area contributed by atoms with E-state index in [1.807, 2.05) is 0 Å². The first-order chi connectivity index (χ1) is 10.1. The van der Waals surface area contributed by atoms with Crippen molar-refractivity contribution < 1.29 is 18.7 Å². The van der Waals surface area contributed by atoms with E-state index in [9.17, 15) is 14.0 Å². The molecule has 1 aliphatic heterocycles. The topological polar surface area (TPSA) is 43.4 Å². The molecule has 21 heavy (non-hydrogen) atoms. The fraction of sp³-hybridized carbons (Fsp3) is 0.125. The largest absolute Gasteiger partial charge is 0.465 e. The molecule has 3 rings (SSSR count). The number of ether oxygens (including phenoxy) is 1. The van der Waals surface area contributed by atoms with Gasteiger partial charge in [0.1, 0.15) is 5.82 Å². The number of Topliss-reactive ketones (excluding diaryl/α,β-unsaturated/α-hetero) is 1. The number of halogens is 1. The Morgan fingerprint density at radius 1 is 1.19 bits per heavy atom. The number of rotatable bonds is 1. The van der Waals surface area contributed by atoms with Gasteiger partial charge in [-0.1, -0.05) is 17.8 Å². The summed E-state index contributed by atoms with van der Waals surface area (Å²) in [5.41, 5.74) is 1.65. The highest BCUT2D eigenvalue weighted by atomic mass is 32.2. The second-order valence-electron chi connectivity index (χ2n) is 4.66. The second-order valence-corrected chi connectivity index (χ2v) is 5.74. The van der Waals surface area contributed by atoms with Crippen molar-refractivity contribution in [2.45, 2.75) is 16.2 Å². The van der Waals surface area contributed by atoms with Crippen LogP contribution in [0.5, 0.6) is 0 Å². The summed E-state index contributed by atoms with van der Waals surface area (Å²) >= 11 is 1.36. The lowest BCUT2D eigenvalue weighted by molar-refractivity contribution is 0.0600. The quantitative estimate of drug-likeness (QED) is 0.756. The van der Waals surface area contributed by atoms with Gasteiger partial charge < -0.3 is 4.74 Å².